The summed E-state index contributed by atoms with van der Waals surface area (Å²) in [5.74, 6) is 1.17. The van der Waals surface area contributed by atoms with Gasteiger partial charge in [-0.3, -0.25) is 4.79 Å². The highest BCUT2D eigenvalue weighted by atomic mass is 16.4. The molecule has 0 aromatic heterocycles. The van der Waals surface area contributed by atoms with Gasteiger partial charge in [0.2, 0.25) is 0 Å². The van der Waals surface area contributed by atoms with Crippen LogP contribution in [0.25, 0.3) is 0 Å². The van der Waals surface area contributed by atoms with Crippen molar-refractivity contribution in [1.29, 1.82) is 0 Å². The van der Waals surface area contributed by atoms with Gasteiger partial charge in [0.15, 0.2) is 0 Å². The molecule has 4 heteroatoms. The van der Waals surface area contributed by atoms with Gasteiger partial charge in [0.1, 0.15) is 5.54 Å². The summed E-state index contributed by atoms with van der Waals surface area (Å²) < 4.78 is 0. The maximum absolute atomic E-state index is 11.2. The molecule has 2 aliphatic rings. The predicted molar refractivity (Wildman–Crippen MR) is 80.8 cm³/mol. The van der Waals surface area contributed by atoms with E-state index in [-0.39, 0.29) is 0 Å². The molecule has 0 radical (unpaired) electrons. The summed E-state index contributed by atoms with van der Waals surface area (Å²) >= 11 is 0. The molecule has 2 aliphatic carbocycles. The molecule has 1 atom stereocenters. The van der Waals surface area contributed by atoms with Crippen molar-refractivity contribution >= 4 is 5.97 Å². The van der Waals surface area contributed by atoms with Crippen molar-refractivity contribution in [2.45, 2.75) is 57.4 Å². The fraction of sp³-hybridized carbons (Fsp3) is 0.938. The maximum atomic E-state index is 11.2. The minimum atomic E-state index is -0.766. The van der Waals surface area contributed by atoms with Crippen LogP contribution in [0.2, 0.25) is 0 Å². The molecule has 0 saturated heterocycles. The van der Waals surface area contributed by atoms with Crippen LogP contribution in [-0.4, -0.2) is 48.2 Å². The summed E-state index contributed by atoms with van der Waals surface area (Å²) in [7, 11) is 1.74. The topological polar surface area (TPSA) is 52.6 Å². The van der Waals surface area contributed by atoms with Crippen molar-refractivity contribution in [3.05, 3.63) is 0 Å². The van der Waals surface area contributed by atoms with E-state index in [1.807, 2.05) is 0 Å². The Labute approximate surface area is 122 Å². The van der Waals surface area contributed by atoms with Gasteiger partial charge >= 0.3 is 5.97 Å². The molecular weight excluding hydrogens is 252 g/mol. The number of hydrogen-bond acceptors (Lipinski definition) is 3. The fourth-order valence-corrected chi connectivity index (χ4v) is 2.74. The Balaban J connectivity index is 1.65. The van der Waals surface area contributed by atoms with Crippen molar-refractivity contribution in [3.63, 3.8) is 0 Å². The van der Waals surface area contributed by atoms with Crippen LogP contribution in [0.5, 0.6) is 0 Å². The van der Waals surface area contributed by atoms with Gasteiger partial charge in [-0.25, -0.2) is 0 Å². The summed E-state index contributed by atoms with van der Waals surface area (Å²) in [6.45, 7) is 5.48. The number of nitrogens with one attached hydrogen (secondary N) is 1. The first-order valence-electron chi connectivity index (χ1n) is 8.18. The molecule has 20 heavy (non-hydrogen) atoms. The molecule has 0 aliphatic heterocycles. The number of nitrogens with zero attached hydrogens (tertiary/aromatic N) is 1. The van der Waals surface area contributed by atoms with Gasteiger partial charge in [0.05, 0.1) is 0 Å². The molecule has 0 heterocycles. The monoisotopic (exact) mass is 282 g/mol. The Morgan fingerprint density at radius 3 is 2.15 bits per heavy atom. The lowest BCUT2D eigenvalue weighted by Crippen LogP contribution is -2.47. The van der Waals surface area contributed by atoms with E-state index >= 15 is 0 Å². The summed E-state index contributed by atoms with van der Waals surface area (Å²) in [5, 5.41) is 12.2. The SMILES string of the molecule is CNC(C)(CCCCN(CC1CC1)CC1CC1)C(=O)O. The number of carboxylic acid groups (broad SMARTS) is 1. The van der Waals surface area contributed by atoms with E-state index in [4.69, 9.17) is 0 Å². The first kappa shape index (κ1) is 15.8. The summed E-state index contributed by atoms with van der Waals surface area (Å²) in [6.07, 6.45) is 8.46. The normalized spacial score (nSPS) is 21.9. The number of carbonyl (C=O) groups is 1. The number of unbranched alkanes of at least 4 members (excludes halogenated alkanes) is 1. The van der Waals surface area contributed by atoms with Gasteiger partial charge in [0.25, 0.3) is 0 Å². The van der Waals surface area contributed by atoms with Crippen molar-refractivity contribution in [2.75, 3.05) is 26.7 Å². The van der Waals surface area contributed by atoms with E-state index in [2.05, 4.69) is 10.2 Å². The predicted octanol–water partition coefficient (Wildman–Crippen LogP) is 2.34. The van der Waals surface area contributed by atoms with E-state index in [1.54, 1.807) is 14.0 Å². The van der Waals surface area contributed by atoms with Gasteiger partial charge in [-0.05, 0) is 77.3 Å². The highest BCUT2D eigenvalue weighted by Gasteiger charge is 2.31. The second-order valence-corrected chi connectivity index (χ2v) is 6.99. The molecule has 0 aromatic rings. The Kier molecular flexibility index (Phi) is 5.44. The second-order valence-electron chi connectivity index (χ2n) is 6.99. The molecule has 0 spiro atoms. The van der Waals surface area contributed by atoms with E-state index in [9.17, 15) is 9.90 Å². The summed E-state index contributed by atoms with van der Waals surface area (Å²) in [5.41, 5.74) is -0.766. The van der Waals surface area contributed by atoms with Gasteiger partial charge in [-0.15, -0.1) is 0 Å². The average molecular weight is 282 g/mol. The Morgan fingerprint density at radius 2 is 1.75 bits per heavy atom. The first-order chi connectivity index (χ1) is 9.53. The number of aliphatic carboxylic acids is 1. The molecule has 2 saturated carbocycles. The van der Waals surface area contributed by atoms with E-state index in [0.717, 1.165) is 31.2 Å². The minimum absolute atomic E-state index is 0.708. The van der Waals surface area contributed by atoms with Gasteiger partial charge in [-0.2, -0.15) is 0 Å². The van der Waals surface area contributed by atoms with Crippen LogP contribution in [0.3, 0.4) is 0 Å². The maximum Gasteiger partial charge on any atom is 0.323 e. The lowest BCUT2D eigenvalue weighted by atomic mass is 9.95. The quantitative estimate of drug-likeness (QED) is 0.571. The van der Waals surface area contributed by atoms with Crippen LogP contribution in [0.1, 0.15) is 51.9 Å². The fourth-order valence-electron chi connectivity index (χ4n) is 2.74. The van der Waals surface area contributed by atoms with Crippen molar-refractivity contribution in [1.82, 2.24) is 10.2 Å². The van der Waals surface area contributed by atoms with E-state index < -0.39 is 11.5 Å². The number of likely N-dealkylation sites (N-methyl/N-ethyl adjacent to an activating group) is 1. The van der Waals surface area contributed by atoms with Crippen LogP contribution in [0.15, 0.2) is 0 Å². The Hall–Kier alpha value is -0.610. The first-order valence-corrected chi connectivity index (χ1v) is 8.18. The molecular formula is C16H30N2O2. The molecule has 0 amide bonds. The lowest BCUT2D eigenvalue weighted by Gasteiger charge is -2.25. The third-order valence-electron chi connectivity index (χ3n) is 4.85. The van der Waals surface area contributed by atoms with Crippen molar-refractivity contribution in [2.24, 2.45) is 11.8 Å². The lowest BCUT2D eigenvalue weighted by molar-refractivity contribution is -0.144. The smallest absolute Gasteiger partial charge is 0.323 e. The van der Waals surface area contributed by atoms with Crippen molar-refractivity contribution < 1.29 is 9.90 Å². The van der Waals surface area contributed by atoms with Crippen molar-refractivity contribution in [3.8, 4) is 0 Å². The number of hydrogen-bond donors (Lipinski definition) is 2. The van der Waals surface area contributed by atoms with E-state index in [1.165, 1.54) is 38.8 Å². The molecule has 4 nitrogen and oxygen atoms in total. The van der Waals surface area contributed by atoms with Gasteiger partial charge in [-0.1, -0.05) is 0 Å². The Morgan fingerprint density at radius 1 is 1.20 bits per heavy atom. The summed E-state index contributed by atoms with van der Waals surface area (Å²) in [6, 6.07) is 0. The van der Waals surface area contributed by atoms with Crippen LogP contribution in [-0.2, 0) is 4.79 Å². The second kappa shape index (κ2) is 6.90. The third-order valence-corrected chi connectivity index (χ3v) is 4.85. The zero-order chi connectivity index (χ0) is 14.6. The highest BCUT2D eigenvalue weighted by molar-refractivity contribution is 5.78. The van der Waals surface area contributed by atoms with Gasteiger partial charge < -0.3 is 15.3 Å². The molecule has 116 valence electrons. The van der Waals surface area contributed by atoms with Crippen LogP contribution in [0, 0.1) is 11.8 Å². The zero-order valence-corrected chi connectivity index (χ0v) is 13.0. The largest absolute Gasteiger partial charge is 0.480 e. The molecule has 0 aromatic carbocycles. The molecule has 2 fully saturated rings. The molecule has 1 unspecified atom stereocenters. The molecule has 0 bridgehead atoms. The number of rotatable bonds is 11. The third kappa shape index (κ3) is 5.06. The summed E-state index contributed by atoms with van der Waals surface area (Å²) in [4.78, 5) is 13.8. The van der Waals surface area contributed by atoms with Crippen LogP contribution >= 0.6 is 0 Å². The van der Waals surface area contributed by atoms with Crippen LogP contribution < -0.4 is 5.32 Å². The highest BCUT2D eigenvalue weighted by Crippen LogP contribution is 2.33. The zero-order valence-electron chi connectivity index (χ0n) is 13.0. The standard InChI is InChI=1S/C16H30N2O2/c1-16(17-2,15(19)20)9-3-4-10-18(11-13-5-6-13)12-14-7-8-14/h13-14,17H,3-12H2,1-2H3,(H,19,20). The van der Waals surface area contributed by atoms with Crippen LogP contribution in [0.4, 0.5) is 0 Å². The van der Waals surface area contributed by atoms with E-state index in [0.29, 0.717) is 6.42 Å². The number of carboxylic acids is 1. The van der Waals surface area contributed by atoms with Gasteiger partial charge in [0, 0.05) is 13.1 Å². The minimum Gasteiger partial charge on any atom is -0.480 e. The average Bonchev–Trinajstić information content (AvgIpc) is 3.29. The Bertz CT molecular complexity index is 312. The molecule has 2 N–H and O–H groups in total. The molecule has 2 rings (SSSR count).